The van der Waals surface area contributed by atoms with Crippen molar-refractivity contribution in [3.63, 3.8) is 0 Å². The van der Waals surface area contributed by atoms with Gasteiger partial charge in [0.25, 0.3) is 0 Å². The summed E-state index contributed by atoms with van der Waals surface area (Å²) in [5, 5.41) is 3.90. The molecule has 1 N–H and O–H groups in total. The van der Waals surface area contributed by atoms with Gasteiger partial charge in [0.15, 0.2) is 0 Å². The normalized spacial score (nSPS) is 10.3. The van der Waals surface area contributed by atoms with E-state index >= 15 is 0 Å². The van der Waals surface area contributed by atoms with Gasteiger partial charge in [-0.15, -0.1) is 0 Å². The van der Waals surface area contributed by atoms with Crippen LogP contribution in [0.1, 0.15) is 5.56 Å². The molecular weight excluding hydrogens is 265 g/mol. The summed E-state index contributed by atoms with van der Waals surface area (Å²) in [5.41, 5.74) is 1.59. The molecule has 0 unspecified atom stereocenters. The minimum Gasteiger partial charge on any atom is -0.492 e. The third kappa shape index (κ3) is 4.14. The van der Waals surface area contributed by atoms with Crippen LogP contribution >= 0.6 is 11.6 Å². The quantitative estimate of drug-likeness (QED) is 0.825. The average molecular weight is 280 g/mol. The molecule has 0 saturated heterocycles. The van der Waals surface area contributed by atoms with E-state index in [1.165, 1.54) is 6.07 Å². The van der Waals surface area contributed by atoms with Gasteiger partial charge in [0.05, 0.1) is 0 Å². The smallest absolute Gasteiger partial charge is 0.129 e. The molecule has 2 aromatic rings. The van der Waals surface area contributed by atoms with E-state index in [-0.39, 0.29) is 5.82 Å². The zero-order valence-electron chi connectivity index (χ0n) is 10.6. The summed E-state index contributed by atoms with van der Waals surface area (Å²) in [6.07, 6.45) is 0. The minimum absolute atomic E-state index is 0.247. The number of halogens is 2. The summed E-state index contributed by atoms with van der Waals surface area (Å²) in [5.74, 6) is 0.296. The maximum Gasteiger partial charge on any atom is 0.129 e. The van der Waals surface area contributed by atoms with Crippen molar-refractivity contribution in [2.24, 2.45) is 0 Å². The summed E-state index contributed by atoms with van der Waals surface area (Å²) in [7, 11) is 0. The number of ether oxygens (including phenoxy) is 1. The second-order valence-electron chi connectivity index (χ2n) is 4.19. The third-order valence-corrected chi connectivity index (χ3v) is 2.94. The van der Waals surface area contributed by atoms with Gasteiger partial charge in [-0.05, 0) is 42.8 Å². The van der Waals surface area contributed by atoms with E-state index in [2.05, 4.69) is 5.32 Å². The van der Waals surface area contributed by atoms with Crippen LogP contribution in [0.5, 0.6) is 5.75 Å². The third-order valence-electron chi connectivity index (χ3n) is 2.69. The number of nitrogens with one attached hydrogen (secondary N) is 1. The van der Waals surface area contributed by atoms with Crippen LogP contribution in [0.25, 0.3) is 0 Å². The van der Waals surface area contributed by atoms with Gasteiger partial charge < -0.3 is 10.1 Å². The van der Waals surface area contributed by atoms with Gasteiger partial charge in [0.1, 0.15) is 18.2 Å². The fraction of sp³-hybridized carbons (Fsp3) is 0.200. The molecule has 0 radical (unpaired) electrons. The molecule has 19 heavy (non-hydrogen) atoms. The molecule has 0 bridgehead atoms. The van der Waals surface area contributed by atoms with Crippen LogP contribution in [-0.2, 0) is 0 Å². The monoisotopic (exact) mass is 279 g/mol. The van der Waals surface area contributed by atoms with Crippen molar-refractivity contribution in [2.45, 2.75) is 6.92 Å². The van der Waals surface area contributed by atoms with Gasteiger partial charge in [-0.1, -0.05) is 17.7 Å². The number of rotatable bonds is 5. The van der Waals surface area contributed by atoms with Crippen LogP contribution in [0, 0.1) is 12.7 Å². The molecule has 2 nitrogen and oxygen atoms in total. The van der Waals surface area contributed by atoms with Crippen molar-refractivity contribution in [3.8, 4) is 5.75 Å². The highest BCUT2D eigenvalue weighted by Crippen LogP contribution is 2.16. The van der Waals surface area contributed by atoms with Crippen LogP contribution in [0.15, 0.2) is 42.5 Å². The second kappa shape index (κ2) is 6.43. The van der Waals surface area contributed by atoms with E-state index in [1.54, 1.807) is 19.1 Å². The average Bonchev–Trinajstić information content (AvgIpc) is 2.41. The summed E-state index contributed by atoms with van der Waals surface area (Å²) in [4.78, 5) is 0. The first-order valence-corrected chi connectivity index (χ1v) is 6.41. The Morgan fingerprint density at radius 3 is 2.58 bits per heavy atom. The number of benzene rings is 2. The highest BCUT2D eigenvalue weighted by molar-refractivity contribution is 6.30. The predicted molar refractivity (Wildman–Crippen MR) is 76.6 cm³/mol. The molecule has 0 fully saturated rings. The summed E-state index contributed by atoms with van der Waals surface area (Å²) in [6.45, 7) is 2.82. The van der Waals surface area contributed by atoms with Crippen LogP contribution in [0.4, 0.5) is 10.1 Å². The number of hydrogen-bond acceptors (Lipinski definition) is 2. The first kappa shape index (κ1) is 13.7. The molecule has 0 saturated carbocycles. The van der Waals surface area contributed by atoms with Gasteiger partial charge in [0, 0.05) is 23.3 Å². The molecule has 2 aromatic carbocycles. The van der Waals surface area contributed by atoms with Crippen molar-refractivity contribution in [1.29, 1.82) is 0 Å². The summed E-state index contributed by atoms with van der Waals surface area (Å²) in [6, 6.07) is 12.3. The maximum absolute atomic E-state index is 13.3. The van der Waals surface area contributed by atoms with E-state index in [0.29, 0.717) is 29.5 Å². The number of aryl methyl sites for hydroxylation is 1. The number of anilines is 1. The molecule has 0 heterocycles. The lowest BCUT2D eigenvalue weighted by molar-refractivity contribution is 0.331. The van der Waals surface area contributed by atoms with Gasteiger partial charge >= 0.3 is 0 Å². The van der Waals surface area contributed by atoms with Crippen LogP contribution in [0.3, 0.4) is 0 Å². The van der Waals surface area contributed by atoms with E-state index in [1.807, 2.05) is 24.3 Å². The molecule has 2 rings (SSSR count). The Morgan fingerprint density at radius 1 is 1.16 bits per heavy atom. The van der Waals surface area contributed by atoms with Gasteiger partial charge in [-0.2, -0.15) is 0 Å². The topological polar surface area (TPSA) is 21.3 Å². The van der Waals surface area contributed by atoms with Crippen molar-refractivity contribution in [3.05, 3.63) is 58.9 Å². The molecule has 0 aliphatic rings. The summed E-state index contributed by atoms with van der Waals surface area (Å²) >= 11 is 5.79. The van der Waals surface area contributed by atoms with Crippen molar-refractivity contribution >= 4 is 17.3 Å². The van der Waals surface area contributed by atoms with Crippen molar-refractivity contribution < 1.29 is 9.13 Å². The Morgan fingerprint density at radius 2 is 1.89 bits per heavy atom. The Kier molecular flexibility index (Phi) is 4.63. The molecule has 0 amide bonds. The molecule has 0 aliphatic heterocycles. The van der Waals surface area contributed by atoms with E-state index in [4.69, 9.17) is 16.3 Å². The van der Waals surface area contributed by atoms with E-state index in [9.17, 15) is 4.39 Å². The lowest BCUT2D eigenvalue weighted by Gasteiger charge is -2.09. The SMILES string of the molecule is Cc1ccc(OCCNc2ccc(Cl)cc2)cc1F. The first-order chi connectivity index (χ1) is 9.15. The second-order valence-corrected chi connectivity index (χ2v) is 4.63. The molecule has 100 valence electrons. The molecule has 0 aromatic heterocycles. The van der Waals surface area contributed by atoms with E-state index < -0.39 is 0 Å². The van der Waals surface area contributed by atoms with Crippen LogP contribution in [0.2, 0.25) is 5.02 Å². The van der Waals surface area contributed by atoms with Crippen LogP contribution < -0.4 is 10.1 Å². The fourth-order valence-corrected chi connectivity index (χ4v) is 1.72. The Bertz CT molecular complexity index is 542. The molecular formula is C15H15ClFNO. The highest BCUT2D eigenvalue weighted by atomic mass is 35.5. The first-order valence-electron chi connectivity index (χ1n) is 6.03. The lowest BCUT2D eigenvalue weighted by atomic mass is 10.2. The van der Waals surface area contributed by atoms with Crippen molar-refractivity contribution in [2.75, 3.05) is 18.5 Å². The molecule has 4 heteroatoms. The largest absolute Gasteiger partial charge is 0.492 e. The highest BCUT2D eigenvalue weighted by Gasteiger charge is 2.00. The van der Waals surface area contributed by atoms with Gasteiger partial charge in [-0.25, -0.2) is 4.39 Å². The zero-order valence-corrected chi connectivity index (χ0v) is 11.4. The van der Waals surface area contributed by atoms with Gasteiger partial charge in [0.2, 0.25) is 0 Å². The molecule has 0 spiro atoms. The lowest BCUT2D eigenvalue weighted by Crippen LogP contribution is -2.11. The minimum atomic E-state index is -0.247. The Labute approximate surface area is 117 Å². The summed E-state index contributed by atoms with van der Waals surface area (Å²) < 4.78 is 18.7. The predicted octanol–water partition coefficient (Wildman–Crippen LogP) is 4.28. The van der Waals surface area contributed by atoms with Crippen LogP contribution in [-0.4, -0.2) is 13.2 Å². The maximum atomic E-state index is 13.3. The number of hydrogen-bond donors (Lipinski definition) is 1. The molecule has 0 aliphatic carbocycles. The standard InChI is InChI=1S/C15H15ClFNO/c1-11-2-7-14(10-15(11)17)19-9-8-18-13-5-3-12(16)4-6-13/h2-7,10,18H,8-9H2,1H3. The Balaban J connectivity index is 1.77. The van der Waals surface area contributed by atoms with Gasteiger partial charge in [-0.3, -0.25) is 0 Å². The van der Waals surface area contributed by atoms with Crippen molar-refractivity contribution in [1.82, 2.24) is 0 Å². The van der Waals surface area contributed by atoms with E-state index in [0.717, 1.165) is 5.69 Å². The Hall–Kier alpha value is -1.74. The molecule has 0 atom stereocenters. The zero-order chi connectivity index (χ0) is 13.7. The fourth-order valence-electron chi connectivity index (χ4n) is 1.60.